The fourth-order valence-corrected chi connectivity index (χ4v) is 3.12. The summed E-state index contributed by atoms with van der Waals surface area (Å²) < 4.78 is 0. The molecule has 2 aromatic carbocycles. The highest BCUT2D eigenvalue weighted by atomic mass is 15.2. The Morgan fingerprint density at radius 1 is 1.04 bits per heavy atom. The number of H-pyrrole nitrogens is 1. The molecule has 1 heterocycles. The van der Waals surface area contributed by atoms with Gasteiger partial charge in [-0.3, -0.25) is 10.1 Å². The summed E-state index contributed by atoms with van der Waals surface area (Å²) in [6.07, 6.45) is 2.48. The Labute approximate surface area is 160 Å². The lowest BCUT2D eigenvalue weighted by molar-refractivity contribution is 0.794. The lowest BCUT2D eigenvalue weighted by atomic mass is 10.1. The molecular weight excluding hydrogens is 336 g/mol. The highest BCUT2D eigenvalue weighted by molar-refractivity contribution is 5.79. The van der Waals surface area contributed by atoms with Crippen molar-refractivity contribution in [3.63, 3.8) is 0 Å². The molecule has 1 aromatic heterocycles. The van der Waals surface area contributed by atoms with Crippen molar-refractivity contribution in [3.05, 3.63) is 71.0 Å². The summed E-state index contributed by atoms with van der Waals surface area (Å²) in [4.78, 5) is 8.51. The van der Waals surface area contributed by atoms with Gasteiger partial charge in [0.25, 0.3) is 0 Å². The van der Waals surface area contributed by atoms with Crippen LogP contribution in [0.4, 0.5) is 0 Å². The minimum atomic E-state index is 0.686. The topological polar surface area (TPSA) is 78.0 Å². The van der Waals surface area contributed by atoms with Gasteiger partial charge in [-0.1, -0.05) is 47.5 Å². The molecule has 0 aliphatic carbocycles. The Morgan fingerprint density at radius 3 is 2.56 bits per heavy atom. The van der Waals surface area contributed by atoms with E-state index in [1.54, 1.807) is 7.05 Å². The van der Waals surface area contributed by atoms with E-state index >= 15 is 0 Å². The zero-order valence-corrected chi connectivity index (χ0v) is 16.1. The minimum absolute atomic E-state index is 0.686. The summed E-state index contributed by atoms with van der Waals surface area (Å²) >= 11 is 0. The van der Waals surface area contributed by atoms with Crippen molar-refractivity contribution in [3.8, 4) is 11.4 Å². The summed E-state index contributed by atoms with van der Waals surface area (Å²) in [5.41, 5.74) is 6.12. The largest absolute Gasteiger partial charge is 0.356 e. The Morgan fingerprint density at radius 2 is 1.85 bits per heavy atom. The average molecular weight is 362 g/mol. The second kappa shape index (κ2) is 8.98. The lowest BCUT2D eigenvalue weighted by Gasteiger charge is -2.13. The molecule has 3 N–H and O–H groups in total. The van der Waals surface area contributed by atoms with E-state index in [1.165, 1.54) is 23.0 Å². The summed E-state index contributed by atoms with van der Waals surface area (Å²) in [6.45, 7) is 5.79. The predicted molar refractivity (Wildman–Crippen MR) is 110 cm³/mol. The number of nitrogens with one attached hydrogen (secondary N) is 3. The van der Waals surface area contributed by atoms with Crippen molar-refractivity contribution >= 4 is 5.96 Å². The first-order valence-electron chi connectivity index (χ1n) is 9.10. The van der Waals surface area contributed by atoms with E-state index in [-0.39, 0.29) is 0 Å². The van der Waals surface area contributed by atoms with Gasteiger partial charge in [0.1, 0.15) is 6.33 Å². The van der Waals surface area contributed by atoms with Crippen molar-refractivity contribution in [1.82, 2.24) is 25.8 Å². The standard InChI is InChI=1S/C21H26N6/c1-15-9-16(2)11-17(10-15)7-8-23-21(22-3)24-13-18-5-4-6-19(12-18)20-25-14-26-27-20/h4-6,9-12,14H,7-8,13H2,1-3H3,(H2,22,23,24)(H,25,26,27). The van der Waals surface area contributed by atoms with E-state index in [1.807, 2.05) is 12.1 Å². The molecule has 6 nitrogen and oxygen atoms in total. The van der Waals surface area contributed by atoms with Gasteiger partial charge in [-0.2, -0.15) is 5.10 Å². The van der Waals surface area contributed by atoms with Gasteiger partial charge in [0.05, 0.1) is 0 Å². The smallest absolute Gasteiger partial charge is 0.191 e. The quantitative estimate of drug-likeness (QED) is 0.465. The molecule has 6 heteroatoms. The number of benzene rings is 2. The van der Waals surface area contributed by atoms with Crippen LogP contribution in [-0.2, 0) is 13.0 Å². The third-order valence-corrected chi connectivity index (χ3v) is 4.29. The van der Waals surface area contributed by atoms with Crippen molar-refractivity contribution < 1.29 is 0 Å². The molecule has 140 valence electrons. The van der Waals surface area contributed by atoms with Crippen LogP contribution in [0.1, 0.15) is 22.3 Å². The van der Waals surface area contributed by atoms with Crippen molar-refractivity contribution in [2.45, 2.75) is 26.8 Å². The second-order valence-corrected chi connectivity index (χ2v) is 6.63. The van der Waals surface area contributed by atoms with Crippen LogP contribution in [-0.4, -0.2) is 34.7 Å². The maximum absolute atomic E-state index is 4.31. The van der Waals surface area contributed by atoms with Crippen molar-refractivity contribution in [1.29, 1.82) is 0 Å². The van der Waals surface area contributed by atoms with Gasteiger partial charge in [0.2, 0.25) is 0 Å². The van der Waals surface area contributed by atoms with Gasteiger partial charge in [0, 0.05) is 25.7 Å². The molecule has 0 aliphatic heterocycles. The maximum Gasteiger partial charge on any atom is 0.191 e. The number of nitrogens with zero attached hydrogens (tertiary/aromatic N) is 3. The second-order valence-electron chi connectivity index (χ2n) is 6.63. The number of hydrogen-bond donors (Lipinski definition) is 3. The number of aromatic amines is 1. The fourth-order valence-electron chi connectivity index (χ4n) is 3.12. The normalized spacial score (nSPS) is 11.4. The SMILES string of the molecule is CN=C(NCCc1cc(C)cc(C)c1)NCc1cccc(-c2ncn[nH]2)c1. The molecule has 0 unspecified atom stereocenters. The van der Waals surface area contributed by atoms with E-state index < -0.39 is 0 Å². The zero-order chi connectivity index (χ0) is 19.1. The van der Waals surface area contributed by atoms with Gasteiger partial charge >= 0.3 is 0 Å². The molecule has 0 saturated carbocycles. The monoisotopic (exact) mass is 362 g/mol. The fraction of sp³-hybridized carbons (Fsp3) is 0.286. The van der Waals surface area contributed by atoms with Gasteiger partial charge in [-0.05, 0) is 37.5 Å². The number of guanidine groups is 1. The van der Waals surface area contributed by atoms with Gasteiger partial charge < -0.3 is 10.6 Å². The summed E-state index contributed by atoms with van der Waals surface area (Å²) in [5.74, 6) is 1.57. The van der Waals surface area contributed by atoms with E-state index in [2.05, 4.69) is 75.0 Å². The number of aliphatic imine (C=N–C) groups is 1. The Balaban J connectivity index is 1.51. The first kappa shape index (κ1) is 18.6. The number of hydrogen-bond acceptors (Lipinski definition) is 3. The molecule has 27 heavy (non-hydrogen) atoms. The molecule has 0 bridgehead atoms. The van der Waals surface area contributed by atoms with Crippen LogP contribution in [0.25, 0.3) is 11.4 Å². The third kappa shape index (κ3) is 5.41. The number of rotatable bonds is 6. The molecule has 3 rings (SSSR count). The molecular formula is C21H26N6. The number of aryl methyl sites for hydroxylation is 2. The van der Waals surface area contributed by atoms with Crippen LogP contribution in [0, 0.1) is 13.8 Å². The first-order chi connectivity index (χ1) is 13.1. The minimum Gasteiger partial charge on any atom is -0.356 e. The maximum atomic E-state index is 4.31. The van der Waals surface area contributed by atoms with Gasteiger partial charge in [-0.25, -0.2) is 4.98 Å². The highest BCUT2D eigenvalue weighted by Crippen LogP contribution is 2.15. The van der Waals surface area contributed by atoms with E-state index in [0.717, 1.165) is 35.9 Å². The highest BCUT2D eigenvalue weighted by Gasteiger charge is 2.03. The third-order valence-electron chi connectivity index (χ3n) is 4.29. The molecule has 0 radical (unpaired) electrons. The summed E-state index contributed by atoms with van der Waals surface area (Å²) in [6, 6.07) is 14.9. The van der Waals surface area contributed by atoms with Crippen LogP contribution in [0.2, 0.25) is 0 Å². The lowest BCUT2D eigenvalue weighted by Crippen LogP contribution is -2.37. The van der Waals surface area contributed by atoms with Crippen LogP contribution in [0.3, 0.4) is 0 Å². The summed E-state index contributed by atoms with van der Waals surface area (Å²) in [7, 11) is 1.79. The molecule has 3 aromatic rings. The van der Waals surface area contributed by atoms with E-state index in [9.17, 15) is 0 Å². The molecule has 0 spiro atoms. The first-order valence-corrected chi connectivity index (χ1v) is 9.10. The molecule has 0 fully saturated rings. The van der Waals surface area contributed by atoms with Crippen LogP contribution in [0.5, 0.6) is 0 Å². The Hall–Kier alpha value is -3.15. The molecule has 0 amide bonds. The molecule has 0 atom stereocenters. The van der Waals surface area contributed by atoms with Crippen LogP contribution >= 0.6 is 0 Å². The van der Waals surface area contributed by atoms with E-state index in [0.29, 0.717) is 6.54 Å². The van der Waals surface area contributed by atoms with Crippen molar-refractivity contribution in [2.75, 3.05) is 13.6 Å². The van der Waals surface area contributed by atoms with Gasteiger partial charge in [0.15, 0.2) is 11.8 Å². The Kier molecular flexibility index (Phi) is 6.20. The van der Waals surface area contributed by atoms with E-state index in [4.69, 9.17) is 0 Å². The number of aromatic nitrogens is 3. The average Bonchev–Trinajstić information content (AvgIpc) is 3.19. The zero-order valence-electron chi connectivity index (χ0n) is 16.1. The molecule has 0 saturated heterocycles. The van der Waals surface area contributed by atoms with Crippen molar-refractivity contribution in [2.24, 2.45) is 4.99 Å². The predicted octanol–water partition coefficient (Wildman–Crippen LogP) is 3.00. The Bertz CT molecular complexity index is 879. The van der Waals surface area contributed by atoms with Crippen LogP contribution in [0.15, 0.2) is 53.8 Å². The molecule has 0 aliphatic rings. The summed E-state index contributed by atoms with van der Waals surface area (Å²) in [5, 5.41) is 13.5. The van der Waals surface area contributed by atoms with Gasteiger partial charge in [-0.15, -0.1) is 0 Å². The van der Waals surface area contributed by atoms with Crippen LogP contribution < -0.4 is 10.6 Å².